The number of carbonyl (C=O) groups is 1. The van der Waals surface area contributed by atoms with E-state index < -0.39 is 0 Å². The average molecular weight is 314 g/mol. The second kappa shape index (κ2) is 5.52. The lowest BCUT2D eigenvalue weighted by Crippen LogP contribution is -2.49. The molecule has 3 fully saturated rings. The van der Waals surface area contributed by atoms with Crippen LogP contribution in [0.15, 0.2) is 24.3 Å². The molecule has 1 amide bonds. The van der Waals surface area contributed by atoms with Gasteiger partial charge in [-0.15, -0.1) is 0 Å². The summed E-state index contributed by atoms with van der Waals surface area (Å²) in [6, 6.07) is 8.30. The smallest absolute Gasteiger partial charge is 0.224 e. The van der Waals surface area contributed by atoms with Crippen LogP contribution in [0.5, 0.6) is 5.75 Å². The van der Waals surface area contributed by atoms with Crippen LogP contribution in [0.1, 0.15) is 38.2 Å². The summed E-state index contributed by atoms with van der Waals surface area (Å²) in [4.78, 5) is 12.4. The molecule has 1 aromatic carbocycles. The van der Waals surface area contributed by atoms with Crippen molar-refractivity contribution in [2.24, 2.45) is 17.8 Å². The number of rotatable bonds is 6. The molecular weight excluding hydrogens is 288 g/mol. The minimum absolute atomic E-state index is 0.200. The summed E-state index contributed by atoms with van der Waals surface area (Å²) in [6.45, 7) is 6.58. The summed E-state index contributed by atoms with van der Waals surface area (Å²) in [5.41, 5.74) is 0.968. The Morgan fingerprint density at radius 2 is 1.96 bits per heavy atom. The number of hydrogen-bond donors (Lipinski definition) is 2. The van der Waals surface area contributed by atoms with Crippen LogP contribution < -0.4 is 15.4 Å². The molecule has 1 saturated heterocycles. The highest BCUT2D eigenvalue weighted by Gasteiger charge is 2.57. The van der Waals surface area contributed by atoms with Crippen molar-refractivity contribution in [1.29, 1.82) is 0 Å². The van der Waals surface area contributed by atoms with Crippen molar-refractivity contribution >= 4 is 5.91 Å². The highest BCUT2D eigenvalue weighted by Crippen LogP contribution is 2.49. The SMILES string of the molecule is CC(C)(COc1ccccc1C1CC1)NC(=O)C1[C@H]2CNC[C@@H]12. The molecule has 2 N–H and O–H groups in total. The lowest BCUT2D eigenvalue weighted by atomic mass is 10.1. The van der Waals surface area contributed by atoms with Crippen LogP contribution >= 0.6 is 0 Å². The number of fused-ring (bicyclic) bond motifs is 1. The quantitative estimate of drug-likeness (QED) is 0.847. The Morgan fingerprint density at radius 3 is 2.65 bits per heavy atom. The van der Waals surface area contributed by atoms with E-state index in [1.807, 2.05) is 26.0 Å². The molecule has 124 valence electrons. The average Bonchev–Trinajstić information content (AvgIpc) is 3.43. The first-order chi connectivity index (χ1) is 11.1. The Kier molecular flexibility index (Phi) is 3.60. The summed E-state index contributed by atoms with van der Waals surface area (Å²) < 4.78 is 6.07. The van der Waals surface area contributed by atoms with E-state index >= 15 is 0 Å². The fourth-order valence-electron chi connectivity index (χ4n) is 3.86. The van der Waals surface area contributed by atoms with Crippen molar-refractivity contribution in [3.63, 3.8) is 0 Å². The van der Waals surface area contributed by atoms with Gasteiger partial charge in [-0.2, -0.15) is 0 Å². The van der Waals surface area contributed by atoms with E-state index in [2.05, 4.69) is 22.8 Å². The van der Waals surface area contributed by atoms with Crippen LogP contribution in [-0.4, -0.2) is 31.1 Å². The minimum atomic E-state index is -0.349. The highest BCUT2D eigenvalue weighted by atomic mass is 16.5. The maximum absolute atomic E-state index is 12.4. The summed E-state index contributed by atoms with van der Waals surface area (Å²) in [7, 11) is 0. The number of nitrogens with one attached hydrogen (secondary N) is 2. The first-order valence-electron chi connectivity index (χ1n) is 8.80. The van der Waals surface area contributed by atoms with Crippen LogP contribution in [0.4, 0.5) is 0 Å². The van der Waals surface area contributed by atoms with Gasteiger partial charge in [-0.1, -0.05) is 18.2 Å². The normalized spacial score (nSPS) is 29.0. The minimum Gasteiger partial charge on any atom is -0.491 e. The number of ether oxygens (including phenoxy) is 1. The van der Waals surface area contributed by atoms with Crippen LogP contribution in [0.25, 0.3) is 0 Å². The number of carbonyl (C=O) groups excluding carboxylic acids is 1. The molecule has 23 heavy (non-hydrogen) atoms. The molecule has 4 nitrogen and oxygen atoms in total. The Labute approximate surface area is 138 Å². The maximum Gasteiger partial charge on any atom is 0.224 e. The highest BCUT2D eigenvalue weighted by molar-refractivity contribution is 5.83. The third-order valence-corrected chi connectivity index (χ3v) is 5.38. The van der Waals surface area contributed by atoms with Gasteiger partial charge in [0.1, 0.15) is 12.4 Å². The number of piperidine rings is 1. The third kappa shape index (κ3) is 3.09. The van der Waals surface area contributed by atoms with Crippen molar-refractivity contribution in [2.75, 3.05) is 19.7 Å². The van der Waals surface area contributed by atoms with Gasteiger partial charge in [0.25, 0.3) is 0 Å². The first kappa shape index (κ1) is 15.0. The predicted molar refractivity (Wildman–Crippen MR) is 89.5 cm³/mol. The van der Waals surface area contributed by atoms with E-state index in [1.165, 1.54) is 18.4 Å². The van der Waals surface area contributed by atoms with Crippen molar-refractivity contribution < 1.29 is 9.53 Å². The number of benzene rings is 1. The van der Waals surface area contributed by atoms with Crippen molar-refractivity contribution in [1.82, 2.24) is 10.6 Å². The van der Waals surface area contributed by atoms with Crippen molar-refractivity contribution in [3.8, 4) is 5.75 Å². The zero-order valence-corrected chi connectivity index (χ0v) is 14.0. The van der Waals surface area contributed by atoms with E-state index in [-0.39, 0.29) is 17.4 Å². The van der Waals surface area contributed by atoms with Gasteiger partial charge in [-0.3, -0.25) is 4.79 Å². The van der Waals surface area contributed by atoms with E-state index in [9.17, 15) is 4.79 Å². The Hall–Kier alpha value is -1.55. The molecule has 4 rings (SSSR count). The standard InChI is InChI=1S/C19H26N2O2/c1-19(2,21-18(22)17-14-9-20-10-15(14)17)11-23-16-6-4-3-5-13(16)12-7-8-12/h3-6,12,14-15,17,20H,7-11H2,1-2H3,(H,21,22)/t14-,15+,17?. The van der Waals surface area contributed by atoms with Gasteiger partial charge in [0.15, 0.2) is 0 Å². The molecule has 3 aliphatic rings. The molecule has 1 aromatic rings. The summed E-state index contributed by atoms with van der Waals surface area (Å²) in [5.74, 6) is 3.18. The van der Waals surface area contributed by atoms with E-state index in [4.69, 9.17) is 4.74 Å². The summed E-state index contributed by atoms with van der Waals surface area (Å²) >= 11 is 0. The van der Waals surface area contributed by atoms with Gasteiger partial charge < -0.3 is 15.4 Å². The molecule has 3 atom stereocenters. The summed E-state index contributed by atoms with van der Waals surface area (Å²) in [6.07, 6.45) is 2.53. The molecule has 2 aliphatic carbocycles. The molecule has 0 spiro atoms. The Bertz CT molecular complexity index is 599. The van der Waals surface area contributed by atoms with Crippen LogP contribution in [0.2, 0.25) is 0 Å². The molecule has 4 heteroatoms. The van der Waals surface area contributed by atoms with Crippen molar-refractivity contribution in [3.05, 3.63) is 29.8 Å². The van der Waals surface area contributed by atoms with Crippen molar-refractivity contribution in [2.45, 2.75) is 38.1 Å². The zero-order valence-electron chi connectivity index (χ0n) is 14.0. The van der Waals surface area contributed by atoms with Gasteiger partial charge in [0, 0.05) is 5.92 Å². The lowest BCUT2D eigenvalue weighted by Gasteiger charge is -2.27. The molecule has 0 aromatic heterocycles. The van der Waals surface area contributed by atoms with Gasteiger partial charge >= 0.3 is 0 Å². The maximum atomic E-state index is 12.4. The van der Waals surface area contributed by atoms with Gasteiger partial charge in [0.2, 0.25) is 5.91 Å². The largest absolute Gasteiger partial charge is 0.491 e. The van der Waals surface area contributed by atoms with Gasteiger partial charge in [-0.25, -0.2) is 0 Å². The third-order valence-electron chi connectivity index (χ3n) is 5.38. The second-order valence-corrected chi connectivity index (χ2v) is 7.99. The molecule has 0 radical (unpaired) electrons. The van der Waals surface area contributed by atoms with Crippen LogP contribution in [0.3, 0.4) is 0 Å². The van der Waals surface area contributed by atoms with Crippen LogP contribution in [-0.2, 0) is 4.79 Å². The van der Waals surface area contributed by atoms with Crippen LogP contribution in [0, 0.1) is 17.8 Å². The number of amides is 1. The van der Waals surface area contributed by atoms with E-state index in [0.717, 1.165) is 18.8 Å². The molecular formula is C19H26N2O2. The molecule has 0 bridgehead atoms. The second-order valence-electron chi connectivity index (χ2n) is 7.99. The summed E-state index contributed by atoms with van der Waals surface area (Å²) in [5, 5.41) is 6.52. The fraction of sp³-hybridized carbons (Fsp3) is 0.632. The first-order valence-corrected chi connectivity index (χ1v) is 8.80. The number of para-hydroxylation sites is 1. The fourth-order valence-corrected chi connectivity index (χ4v) is 3.86. The van der Waals surface area contributed by atoms with Gasteiger partial charge in [-0.05, 0) is 69.2 Å². The topological polar surface area (TPSA) is 50.4 Å². The number of hydrogen-bond acceptors (Lipinski definition) is 3. The predicted octanol–water partition coefficient (Wildman–Crippen LogP) is 2.30. The lowest BCUT2D eigenvalue weighted by molar-refractivity contribution is -0.125. The Morgan fingerprint density at radius 1 is 1.26 bits per heavy atom. The zero-order chi connectivity index (χ0) is 16.0. The molecule has 1 heterocycles. The van der Waals surface area contributed by atoms with E-state index in [1.54, 1.807) is 0 Å². The monoisotopic (exact) mass is 314 g/mol. The Balaban J connectivity index is 1.33. The van der Waals surface area contributed by atoms with Gasteiger partial charge in [0.05, 0.1) is 5.54 Å². The molecule has 1 aliphatic heterocycles. The molecule has 1 unspecified atom stereocenters. The van der Waals surface area contributed by atoms with E-state index in [0.29, 0.717) is 24.4 Å². The molecule has 2 saturated carbocycles.